The van der Waals surface area contributed by atoms with E-state index in [0.29, 0.717) is 18.4 Å². The first kappa shape index (κ1) is 19.7. The number of hydrogen-bond acceptors (Lipinski definition) is 5. The van der Waals surface area contributed by atoms with Crippen LogP contribution in [0.4, 0.5) is 8.78 Å². The largest absolute Gasteiger partial charge is 0.384 e. The Bertz CT molecular complexity index is 984. The Morgan fingerprint density at radius 3 is 2.86 bits per heavy atom. The number of carbonyl (C=O) groups is 1. The van der Waals surface area contributed by atoms with Crippen LogP contribution in [0.25, 0.3) is 0 Å². The number of nitrogens with zero attached hydrogens (tertiary/aromatic N) is 2. The van der Waals surface area contributed by atoms with E-state index >= 15 is 8.78 Å². The molecule has 1 aliphatic carbocycles. The number of ether oxygens (including phenoxy) is 1. The predicted molar refractivity (Wildman–Crippen MR) is 104 cm³/mol. The average molecular weight is 421 g/mol. The molecule has 9 heteroatoms. The summed E-state index contributed by atoms with van der Waals surface area (Å²) in [6, 6.07) is 10.1. The summed E-state index contributed by atoms with van der Waals surface area (Å²) in [4.78, 5) is 20.7. The summed E-state index contributed by atoms with van der Waals surface area (Å²) in [6.07, 6.45) is 1.45. The van der Waals surface area contributed by atoms with Crippen LogP contribution in [0.15, 0.2) is 47.6 Å². The maximum Gasteiger partial charge on any atom is 0.299 e. The third kappa shape index (κ3) is 3.36. The molecular weight excluding hydrogens is 402 g/mol. The van der Waals surface area contributed by atoms with Crippen molar-refractivity contribution in [2.45, 2.75) is 37.0 Å². The monoisotopic (exact) mass is 420 g/mol. The number of aryl methyl sites for hydroxylation is 1. The van der Waals surface area contributed by atoms with Gasteiger partial charge in [0.15, 0.2) is 11.8 Å². The van der Waals surface area contributed by atoms with Crippen LogP contribution in [0, 0.1) is 0 Å². The van der Waals surface area contributed by atoms with Crippen LogP contribution in [-0.4, -0.2) is 35.5 Å². The topological polar surface area (TPSA) is 89.6 Å². The van der Waals surface area contributed by atoms with Gasteiger partial charge in [0.1, 0.15) is 18.1 Å². The van der Waals surface area contributed by atoms with Gasteiger partial charge in [0.25, 0.3) is 11.8 Å². The maximum absolute atomic E-state index is 15.3. The number of amidine groups is 1. The minimum atomic E-state index is -3.31. The minimum absolute atomic E-state index is 0.0562. The Morgan fingerprint density at radius 2 is 2.07 bits per heavy atom. The molecule has 1 spiro atoms. The summed E-state index contributed by atoms with van der Waals surface area (Å²) in [5, 5.41) is 2.57. The van der Waals surface area contributed by atoms with Gasteiger partial charge in [-0.15, -0.1) is 0 Å². The van der Waals surface area contributed by atoms with E-state index in [0.717, 1.165) is 5.56 Å². The molecule has 29 heavy (non-hydrogen) atoms. The highest BCUT2D eigenvalue weighted by molar-refractivity contribution is 6.33. The summed E-state index contributed by atoms with van der Waals surface area (Å²) < 4.78 is 35.9. The van der Waals surface area contributed by atoms with Crippen LogP contribution in [-0.2, 0) is 16.7 Å². The van der Waals surface area contributed by atoms with E-state index in [-0.39, 0.29) is 23.0 Å². The third-order valence-electron chi connectivity index (χ3n) is 5.31. The van der Waals surface area contributed by atoms with Crippen LogP contribution in [0.1, 0.15) is 34.5 Å². The lowest BCUT2D eigenvalue weighted by molar-refractivity contribution is -0.136. The molecule has 1 amide bonds. The van der Waals surface area contributed by atoms with Crippen molar-refractivity contribution in [3.63, 3.8) is 0 Å². The summed E-state index contributed by atoms with van der Waals surface area (Å²) in [5.74, 6) is -4.22. The first-order chi connectivity index (χ1) is 13.8. The molecule has 0 saturated carbocycles. The van der Waals surface area contributed by atoms with E-state index < -0.39 is 30.2 Å². The van der Waals surface area contributed by atoms with Crippen LogP contribution in [0.3, 0.4) is 0 Å². The van der Waals surface area contributed by atoms with Crippen LogP contribution < -0.4 is 11.1 Å². The Labute approximate surface area is 171 Å². The second-order valence-electron chi connectivity index (χ2n) is 7.11. The lowest BCUT2D eigenvalue weighted by Gasteiger charge is -2.40. The summed E-state index contributed by atoms with van der Waals surface area (Å²) in [7, 11) is 0. The molecule has 1 unspecified atom stereocenters. The molecule has 2 heterocycles. The van der Waals surface area contributed by atoms with E-state index in [1.54, 1.807) is 18.2 Å². The molecule has 0 fully saturated rings. The molecule has 0 saturated heterocycles. The Balaban J connectivity index is 1.70. The molecular formula is C20H19ClF2N4O2. The number of nitrogens with one attached hydrogen (secondary N) is 1. The number of aliphatic imine (C=N–C) groups is 1. The van der Waals surface area contributed by atoms with Gasteiger partial charge in [0.05, 0.1) is 5.02 Å². The van der Waals surface area contributed by atoms with Gasteiger partial charge in [0.2, 0.25) is 0 Å². The number of benzene rings is 1. The summed E-state index contributed by atoms with van der Waals surface area (Å²) >= 11 is 5.98. The molecule has 3 N–H and O–H groups in total. The Morgan fingerprint density at radius 1 is 1.28 bits per heavy atom. The van der Waals surface area contributed by atoms with Crippen molar-refractivity contribution in [3.8, 4) is 0 Å². The molecule has 2 atom stereocenters. The number of carbonyl (C=O) groups excluding carboxylic acids is 1. The van der Waals surface area contributed by atoms with E-state index in [1.807, 2.05) is 12.1 Å². The van der Waals surface area contributed by atoms with Gasteiger partial charge in [0, 0.05) is 6.20 Å². The molecule has 2 aliphatic rings. The van der Waals surface area contributed by atoms with Gasteiger partial charge >= 0.3 is 0 Å². The van der Waals surface area contributed by atoms with E-state index in [9.17, 15) is 4.79 Å². The van der Waals surface area contributed by atoms with Crippen molar-refractivity contribution >= 4 is 23.3 Å². The maximum atomic E-state index is 15.3. The lowest BCUT2D eigenvalue weighted by Crippen LogP contribution is -2.48. The Hall–Kier alpha value is -2.58. The van der Waals surface area contributed by atoms with Gasteiger partial charge in [-0.2, -0.15) is 0 Å². The number of amides is 1. The number of halogens is 3. The summed E-state index contributed by atoms with van der Waals surface area (Å²) in [5.41, 5.74) is 5.43. The molecule has 6 nitrogen and oxygen atoms in total. The zero-order valence-corrected chi connectivity index (χ0v) is 16.1. The fourth-order valence-electron chi connectivity index (χ4n) is 3.92. The van der Waals surface area contributed by atoms with Crippen LogP contribution in [0.2, 0.25) is 5.02 Å². The first-order valence-electron chi connectivity index (χ1n) is 9.18. The molecule has 152 valence electrons. The quantitative estimate of drug-likeness (QED) is 0.781. The highest BCUT2D eigenvalue weighted by atomic mass is 35.5. The molecule has 1 aliphatic heterocycles. The number of pyridine rings is 1. The van der Waals surface area contributed by atoms with Crippen molar-refractivity contribution in [3.05, 3.63) is 64.4 Å². The summed E-state index contributed by atoms with van der Waals surface area (Å²) in [6.45, 7) is -0.938. The Kier molecular flexibility index (Phi) is 5.00. The van der Waals surface area contributed by atoms with Crippen molar-refractivity contribution in [2.24, 2.45) is 10.7 Å². The van der Waals surface area contributed by atoms with Crippen LogP contribution in [0.5, 0.6) is 0 Å². The lowest BCUT2D eigenvalue weighted by atomic mass is 9.73. The van der Waals surface area contributed by atoms with Crippen LogP contribution >= 0.6 is 11.6 Å². The van der Waals surface area contributed by atoms with Gasteiger partial charge < -0.3 is 15.8 Å². The van der Waals surface area contributed by atoms with Gasteiger partial charge in [-0.1, -0.05) is 35.9 Å². The van der Waals surface area contributed by atoms with Gasteiger partial charge in [-0.25, -0.2) is 13.8 Å². The molecule has 2 aromatic rings. The molecule has 0 bridgehead atoms. The van der Waals surface area contributed by atoms with Crippen molar-refractivity contribution in [1.29, 1.82) is 0 Å². The normalized spacial score (nSPS) is 25.6. The smallest absolute Gasteiger partial charge is 0.299 e. The average Bonchev–Trinajstić information content (AvgIpc) is 2.79. The number of rotatable bonds is 2. The zero-order valence-electron chi connectivity index (χ0n) is 15.4. The zero-order chi connectivity index (χ0) is 20.6. The number of nitrogens with two attached hydrogens (primary N) is 1. The first-order valence-corrected chi connectivity index (χ1v) is 9.56. The third-order valence-corrected chi connectivity index (χ3v) is 5.61. The number of aromatic nitrogens is 1. The number of alkyl halides is 2. The second-order valence-corrected chi connectivity index (χ2v) is 7.52. The standard InChI is InChI=1S/C20H19ClF2N4O2/c21-14-8-4-10-25-15(14)17(28)26-18-16(24)27-19(20(22,23)11-29-18)9-3-6-12-5-1-2-7-13(12)19/h1-2,4-5,7-8,10,18H,3,6,9,11H2,(H2,24,27)(H,26,28)/t18-,19?/m1/s1. The van der Waals surface area contributed by atoms with E-state index in [1.165, 1.54) is 12.3 Å². The fourth-order valence-corrected chi connectivity index (χ4v) is 4.12. The van der Waals surface area contributed by atoms with E-state index in [2.05, 4.69) is 15.3 Å². The highest BCUT2D eigenvalue weighted by Gasteiger charge is 2.58. The van der Waals surface area contributed by atoms with Gasteiger partial charge in [-0.05, 0) is 42.5 Å². The van der Waals surface area contributed by atoms with Crippen molar-refractivity contribution in [2.75, 3.05) is 6.61 Å². The van der Waals surface area contributed by atoms with Crippen molar-refractivity contribution < 1.29 is 18.3 Å². The predicted octanol–water partition coefficient (Wildman–Crippen LogP) is 3.05. The minimum Gasteiger partial charge on any atom is -0.384 e. The van der Waals surface area contributed by atoms with Gasteiger partial charge in [-0.3, -0.25) is 9.79 Å². The SMILES string of the molecule is NC1=NC2(CCCc3ccccc32)C(F)(F)CO[C@H]1NC(=O)c1ncccc1Cl. The molecule has 1 aromatic carbocycles. The molecule has 1 aromatic heterocycles. The highest BCUT2D eigenvalue weighted by Crippen LogP contribution is 2.50. The number of fused-ring (bicyclic) bond motifs is 2. The second kappa shape index (κ2) is 7.35. The van der Waals surface area contributed by atoms with E-state index in [4.69, 9.17) is 22.1 Å². The molecule has 0 radical (unpaired) electrons. The number of hydrogen-bond donors (Lipinski definition) is 2. The fraction of sp³-hybridized carbons (Fsp3) is 0.350. The molecule has 4 rings (SSSR count). The van der Waals surface area contributed by atoms with Crippen molar-refractivity contribution in [1.82, 2.24) is 10.3 Å².